The molecule has 0 aliphatic carbocycles. The zero-order valence-corrected chi connectivity index (χ0v) is 12.0. The van der Waals surface area contributed by atoms with Gasteiger partial charge in [0.05, 0.1) is 23.7 Å². The fourth-order valence-electron chi connectivity index (χ4n) is 3.63. The van der Waals surface area contributed by atoms with Crippen LogP contribution in [-0.2, 0) is 5.41 Å². The van der Waals surface area contributed by atoms with Crippen LogP contribution in [0.2, 0.25) is 0 Å². The largest absolute Gasteiger partial charge is 0.506 e. The number of fused-ring (bicyclic) bond motifs is 2. The van der Waals surface area contributed by atoms with Gasteiger partial charge in [-0.1, -0.05) is 38.1 Å². The van der Waals surface area contributed by atoms with E-state index in [1.165, 1.54) is 22.5 Å². The van der Waals surface area contributed by atoms with Gasteiger partial charge in [0.25, 0.3) is 0 Å². The average Bonchev–Trinajstić information content (AvgIpc) is 2.75. The van der Waals surface area contributed by atoms with Crippen LogP contribution < -0.4 is 9.80 Å². The molecule has 102 valence electrons. The van der Waals surface area contributed by atoms with Gasteiger partial charge in [-0.3, -0.25) is 0 Å². The minimum Gasteiger partial charge on any atom is -0.506 e. The predicted molar refractivity (Wildman–Crippen MR) is 82.1 cm³/mol. The number of nitrogens with zero attached hydrogens (tertiary/aromatic N) is 2. The number of para-hydroxylation sites is 2. The first-order valence-electron chi connectivity index (χ1n) is 6.96. The molecule has 0 saturated carbocycles. The number of benzene rings is 2. The maximum atomic E-state index is 10.4. The van der Waals surface area contributed by atoms with E-state index in [2.05, 4.69) is 55.0 Å². The third kappa shape index (κ3) is 1.20. The van der Waals surface area contributed by atoms with Crippen molar-refractivity contribution in [1.82, 2.24) is 0 Å². The van der Waals surface area contributed by atoms with Crippen LogP contribution in [0.3, 0.4) is 0 Å². The Hall–Kier alpha value is -2.16. The van der Waals surface area contributed by atoms with E-state index in [0.29, 0.717) is 5.75 Å². The molecule has 0 bridgehead atoms. The summed E-state index contributed by atoms with van der Waals surface area (Å²) < 4.78 is 0. The molecule has 4 rings (SSSR count). The highest BCUT2D eigenvalue weighted by atomic mass is 16.3. The summed E-state index contributed by atoms with van der Waals surface area (Å²) in [5.41, 5.74) is 5.87. The van der Waals surface area contributed by atoms with Crippen LogP contribution in [0.5, 0.6) is 5.75 Å². The molecule has 0 spiro atoms. The van der Waals surface area contributed by atoms with E-state index < -0.39 is 0 Å². The number of aromatic hydroxyl groups is 1. The van der Waals surface area contributed by atoms with Gasteiger partial charge in [-0.25, -0.2) is 0 Å². The Morgan fingerprint density at radius 3 is 2.40 bits per heavy atom. The number of hydrogen-bond acceptors (Lipinski definition) is 3. The van der Waals surface area contributed by atoms with Crippen molar-refractivity contribution in [2.45, 2.75) is 19.3 Å². The Morgan fingerprint density at radius 1 is 1.00 bits per heavy atom. The van der Waals surface area contributed by atoms with Crippen LogP contribution >= 0.6 is 0 Å². The zero-order valence-electron chi connectivity index (χ0n) is 12.0. The van der Waals surface area contributed by atoms with E-state index in [1.807, 2.05) is 6.07 Å². The Balaban J connectivity index is 2.12. The second-order valence-electron chi connectivity index (χ2n) is 6.24. The molecule has 0 fully saturated rings. The van der Waals surface area contributed by atoms with Crippen LogP contribution in [0.15, 0.2) is 36.4 Å². The van der Waals surface area contributed by atoms with Crippen molar-refractivity contribution in [2.75, 3.05) is 23.5 Å². The van der Waals surface area contributed by atoms with E-state index in [-0.39, 0.29) is 5.41 Å². The van der Waals surface area contributed by atoms with Crippen LogP contribution in [0, 0.1) is 0 Å². The highest BCUT2D eigenvalue weighted by Crippen LogP contribution is 2.56. The minimum absolute atomic E-state index is 0.0961. The third-order valence-corrected chi connectivity index (χ3v) is 4.68. The standard InChI is InChI=1S/C17H18N2O/c1-17(2)11-6-4-8-13-15(11)19(10-18(13)3)16-12(17)7-5-9-14(16)20/h4-9,20H,10H2,1-3H3. The molecule has 0 amide bonds. The summed E-state index contributed by atoms with van der Waals surface area (Å²) in [4.78, 5) is 4.47. The van der Waals surface area contributed by atoms with Crippen molar-refractivity contribution in [3.8, 4) is 5.75 Å². The first-order valence-corrected chi connectivity index (χ1v) is 6.96. The number of hydrogen-bond donors (Lipinski definition) is 1. The first-order chi connectivity index (χ1) is 9.51. The van der Waals surface area contributed by atoms with E-state index in [4.69, 9.17) is 0 Å². The van der Waals surface area contributed by atoms with Crippen molar-refractivity contribution in [3.63, 3.8) is 0 Å². The monoisotopic (exact) mass is 266 g/mol. The summed E-state index contributed by atoms with van der Waals surface area (Å²) in [7, 11) is 2.10. The molecule has 20 heavy (non-hydrogen) atoms. The average molecular weight is 266 g/mol. The van der Waals surface area contributed by atoms with E-state index >= 15 is 0 Å². The van der Waals surface area contributed by atoms with Gasteiger partial charge in [-0.15, -0.1) is 0 Å². The molecule has 0 saturated heterocycles. The molecule has 2 aliphatic rings. The van der Waals surface area contributed by atoms with Crippen LogP contribution in [0.1, 0.15) is 25.0 Å². The number of rotatable bonds is 0. The quantitative estimate of drug-likeness (QED) is 0.789. The molecule has 2 heterocycles. The van der Waals surface area contributed by atoms with Gasteiger partial charge in [0.1, 0.15) is 5.75 Å². The normalized spacial score (nSPS) is 17.9. The van der Waals surface area contributed by atoms with Crippen LogP contribution in [-0.4, -0.2) is 18.8 Å². The van der Waals surface area contributed by atoms with Gasteiger partial charge in [-0.05, 0) is 23.3 Å². The van der Waals surface area contributed by atoms with E-state index in [1.54, 1.807) is 6.07 Å². The molecule has 2 aromatic rings. The van der Waals surface area contributed by atoms with Crippen molar-refractivity contribution in [3.05, 3.63) is 47.5 Å². The Labute approximate surface area is 119 Å². The van der Waals surface area contributed by atoms with Crippen molar-refractivity contribution >= 4 is 17.1 Å². The SMILES string of the molecule is CN1CN2c3c(O)cccc3C(C)(C)c3cccc1c32. The Kier molecular flexibility index (Phi) is 2.03. The molecule has 3 nitrogen and oxygen atoms in total. The molecule has 0 atom stereocenters. The lowest BCUT2D eigenvalue weighted by atomic mass is 9.73. The molecule has 1 N–H and O–H groups in total. The fraction of sp³-hybridized carbons (Fsp3) is 0.294. The van der Waals surface area contributed by atoms with E-state index in [9.17, 15) is 5.11 Å². The number of anilines is 3. The smallest absolute Gasteiger partial charge is 0.139 e. The third-order valence-electron chi connectivity index (χ3n) is 4.68. The molecule has 2 aromatic carbocycles. The molecule has 0 aromatic heterocycles. The molecule has 2 aliphatic heterocycles. The first kappa shape index (κ1) is 11.6. The molecular formula is C17H18N2O. The molecular weight excluding hydrogens is 248 g/mol. The summed E-state index contributed by atoms with van der Waals surface area (Å²) in [6.45, 7) is 5.25. The van der Waals surface area contributed by atoms with Crippen molar-refractivity contribution < 1.29 is 5.11 Å². The van der Waals surface area contributed by atoms with Gasteiger partial charge in [0, 0.05) is 12.5 Å². The van der Waals surface area contributed by atoms with Crippen LogP contribution in [0.4, 0.5) is 17.1 Å². The number of phenolic OH excluding ortho intramolecular Hbond substituents is 1. The summed E-state index contributed by atoms with van der Waals surface area (Å²) in [5.74, 6) is 0.367. The van der Waals surface area contributed by atoms with Gasteiger partial charge in [-0.2, -0.15) is 0 Å². The summed E-state index contributed by atoms with van der Waals surface area (Å²) in [6.07, 6.45) is 0. The second kappa shape index (κ2) is 3.48. The maximum Gasteiger partial charge on any atom is 0.139 e. The minimum atomic E-state index is -0.0961. The topological polar surface area (TPSA) is 26.7 Å². The second-order valence-corrected chi connectivity index (χ2v) is 6.24. The summed E-state index contributed by atoms with van der Waals surface area (Å²) in [5, 5.41) is 10.4. The lowest BCUT2D eigenvalue weighted by Gasteiger charge is -2.39. The number of phenols is 1. The Morgan fingerprint density at radius 2 is 1.65 bits per heavy atom. The lowest BCUT2D eigenvalue weighted by molar-refractivity contribution is 0.471. The van der Waals surface area contributed by atoms with Gasteiger partial charge in [0.15, 0.2) is 0 Å². The van der Waals surface area contributed by atoms with E-state index in [0.717, 1.165) is 12.4 Å². The molecule has 0 radical (unpaired) electrons. The van der Waals surface area contributed by atoms with Crippen molar-refractivity contribution in [2.24, 2.45) is 0 Å². The lowest BCUT2D eigenvalue weighted by Crippen LogP contribution is -2.32. The Bertz CT molecular complexity index is 721. The zero-order chi connectivity index (χ0) is 14.1. The highest BCUT2D eigenvalue weighted by molar-refractivity contribution is 5.92. The van der Waals surface area contributed by atoms with Crippen molar-refractivity contribution in [1.29, 1.82) is 0 Å². The summed E-state index contributed by atoms with van der Waals surface area (Å²) in [6, 6.07) is 12.3. The van der Waals surface area contributed by atoms with Gasteiger partial charge < -0.3 is 14.9 Å². The molecule has 3 heteroatoms. The maximum absolute atomic E-state index is 10.4. The fourth-order valence-corrected chi connectivity index (χ4v) is 3.63. The van der Waals surface area contributed by atoms with Gasteiger partial charge in [0.2, 0.25) is 0 Å². The molecule has 0 unspecified atom stereocenters. The van der Waals surface area contributed by atoms with Gasteiger partial charge >= 0.3 is 0 Å². The summed E-state index contributed by atoms with van der Waals surface area (Å²) >= 11 is 0. The van der Waals surface area contributed by atoms with Crippen LogP contribution in [0.25, 0.3) is 0 Å². The highest BCUT2D eigenvalue weighted by Gasteiger charge is 2.42. The predicted octanol–water partition coefficient (Wildman–Crippen LogP) is 3.58.